The molecule has 0 saturated heterocycles. The molecule has 6 nitrogen and oxygen atoms in total. The Bertz CT molecular complexity index is 416. The highest BCUT2D eigenvalue weighted by molar-refractivity contribution is 5.67. The van der Waals surface area contributed by atoms with E-state index in [1.807, 2.05) is 34.6 Å². The van der Waals surface area contributed by atoms with Gasteiger partial charge in [-0.2, -0.15) is 0 Å². The number of aryl methyl sites for hydroxylation is 2. The Morgan fingerprint density at radius 1 is 1.30 bits per heavy atom. The third-order valence-corrected chi connectivity index (χ3v) is 2.55. The maximum absolute atomic E-state index is 11.4. The van der Waals surface area contributed by atoms with Gasteiger partial charge in [0.25, 0.3) is 0 Å². The van der Waals surface area contributed by atoms with Crippen molar-refractivity contribution in [3.8, 4) is 0 Å². The van der Waals surface area contributed by atoms with E-state index in [9.17, 15) is 4.79 Å². The number of alkyl carbamates (subject to hydrolysis) is 1. The van der Waals surface area contributed by atoms with Gasteiger partial charge in [-0.05, 0) is 47.6 Å². The molecule has 0 unspecified atom stereocenters. The van der Waals surface area contributed by atoms with E-state index >= 15 is 0 Å². The molecule has 0 aliphatic heterocycles. The Hall–Kier alpha value is -1.56. The molecule has 2 N–H and O–H groups in total. The van der Waals surface area contributed by atoms with E-state index in [4.69, 9.17) is 9.15 Å². The Labute approximate surface area is 120 Å². The summed E-state index contributed by atoms with van der Waals surface area (Å²) in [6.45, 7) is 11.3. The van der Waals surface area contributed by atoms with Gasteiger partial charge in [-0.3, -0.25) is 0 Å². The van der Waals surface area contributed by atoms with E-state index in [-0.39, 0.29) is 6.09 Å². The number of hydrogen-bond acceptors (Lipinski definition) is 5. The van der Waals surface area contributed by atoms with Crippen molar-refractivity contribution in [1.82, 2.24) is 15.6 Å². The summed E-state index contributed by atoms with van der Waals surface area (Å²) in [5.74, 6) is 1.55. The largest absolute Gasteiger partial charge is 0.444 e. The lowest BCUT2D eigenvalue weighted by Crippen LogP contribution is -2.33. The average molecular weight is 283 g/mol. The van der Waals surface area contributed by atoms with E-state index in [0.29, 0.717) is 19.0 Å². The van der Waals surface area contributed by atoms with Gasteiger partial charge in [-0.25, -0.2) is 9.78 Å². The summed E-state index contributed by atoms with van der Waals surface area (Å²) in [5, 5.41) is 5.93. The molecule has 0 aliphatic rings. The standard InChI is InChI=1S/C14H25N3O3/c1-10-11(2)19-12(17-10)9-15-7-6-8-16-13(18)20-14(3,4)5/h15H,6-9H2,1-5H3,(H,16,18). The second-order valence-corrected chi connectivity index (χ2v) is 5.71. The predicted molar refractivity (Wildman–Crippen MR) is 76.5 cm³/mol. The Morgan fingerprint density at radius 3 is 2.55 bits per heavy atom. The molecule has 0 fully saturated rings. The molecule has 0 radical (unpaired) electrons. The summed E-state index contributed by atoms with van der Waals surface area (Å²) in [6.07, 6.45) is 0.439. The molecule has 6 heteroatoms. The number of carbonyl (C=O) groups is 1. The van der Waals surface area contributed by atoms with Crippen LogP contribution < -0.4 is 10.6 Å². The van der Waals surface area contributed by atoms with Gasteiger partial charge in [0.15, 0.2) is 0 Å². The molecule has 1 heterocycles. The van der Waals surface area contributed by atoms with Crippen LogP contribution in [-0.4, -0.2) is 29.8 Å². The normalized spacial score (nSPS) is 11.4. The molecule has 1 rings (SSSR count). The van der Waals surface area contributed by atoms with Crippen LogP contribution in [0.5, 0.6) is 0 Å². The molecule has 1 aromatic heterocycles. The van der Waals surface area contributed by atoms with Crippen molar-refractivity contribution in [2.45, 2.75) is 53.2 Å². The highest BCUT2D eigenvalue weighted by atomic mass is 16.6. The van der Waals surface area contributed by atoms with Gasteiger partial charge < -0.3 is 19.8 Å². The minimum Gasteiger partial charge on any atom is -0.444 e. The lowest BCUT2D eigenvalue weighted by Gasteiger charge is -2.19. The number of carbonyl (C=O) groups excluding carboxylic acids is 1. The molecule has 1 amide bonds. The van der Waals surface area contributed by atoms with Crippen molar-refractivity contribution in [3.63, 3.8) is 0 Å². The summed E-state index contributed by atoms with van der Waals surface area (Å²) >= 11 is 0. The first-order valence-corrected chi connectivity index (χ1v) is 6.88. The Balaban J connectivity index is 2.06. The lowest BCUT2D eigenvalue weighted by molar-refractivity contribution is 0.0527. The Morgan fingerprint density at radius 2 is 2.00 bits per heavy atom. The summed E-state index contributed by atoms with van der Waals surface area (Å²) in [7, 11) is 0. The minimum absolute atomic E-state index is 0.378. The van der Waals surface area contributed by atoms with Crippen LogP contribution in [-0.2, 0) is 11.3 Å². The van der Waals surface area contributed by atoms with Crippen molar-refractivity contribution < 1.29 is 13.9 Å². The van der Waals surface area contributed by atoms with Crippen molar-refractivity contribution in [2.75, 3.05) is 13.1 Å². The lowest BCUT2D eigenvalue weighted by atomic mass is 10.2. The van der Waals surface area contributed by atoms with E-state index < -0.39 is 5.60 Å². The zero-order chi connectivity index (χ0) is 15.2. The fourth-order valence-electron chi connectivity index (χ4n) is 1.53. The first kappa shape index (κ1) is 16.5. The molecule has 0 aliphatic carbocycles. The molecule has 114 valence electrons. The number of hydrogen-bond donors (Lipinski definition) is 2. The molecule has 0 saturated carbocycles. The second kappa shape index (κ2) is 7.28. The van der Waals surface area contributed by atoms with Gasteiger partial charge in [-0.1, -0.05) is 0 Å². The van der Waals surface area contributed by atoms with Crippen LogP contribution in [0.25, 0.3) is 0 Å². The van der Waals surface area contributed by atoms with Crippen LogP contribution in [0.4, 0.5) is 4.79 Å². The number of amides is 1. The summed E-state index contributed by atoms with van der Waals surface area (Å²) in [5.41, 5.74) is 0.469. The zero-order valence-electron chi connectivity index (χ0n) is 13.0. The number of rotatable bonds is 6. The van der Waals surface area contributed by atoms with Crippen molar-refractivity contribution in [2.24, 2.45) is 0 Å². The maximum Gasteiger partial charge on any atom is 0.407 e. The van der Waals surface area contributed by atoms with Crippen molar-refractivity contribution in [3.05, 3.63) is 17.3 Å². The van der Waals surface area contributed by atoms with Gasteiger partial charge in [0.05, 0.1) is 12.2 Å². The summed E-state index contributed by atoms with van der Waals surface area (Å²) in [4.78, 5) is 15.7. The van der Waals surface area contributed by atoms with E-state index in [2.05, 4.69) is 15.6 Å². The first-order chi connectivity index (χ1) is 9.28. The van der Waals surface area contributed by atoms with Crippen LogP contribution in [0.1, 0.15) is 44.5 Å². The quantitative estimate of drug-likeness (QED) is 0.783. The van der Waals surface area contributed by atoms with Gasteiger partial charge in [0.1, 0.15) is 11.4 Å². The molecule has 0 atom stereocenters. The van der Waals surface area contributed by atoms with Crippen molar-refractivity contribution >= 4 is 6.09 Å². The van der Waals surface area contributed by atoms with Crippen LogP contribution in [0.15, 0.2) is 4.42 Å². The minimum atomic E-state index is -0.455. The highest BCUT2D eigenvalue weighted by Gasteiger charge is 2.15. The fraction of sp³-hybridized carbons (Fsp3) is 0.714. The molecule has 20 heavy (non-hydrogen) atoms. The molecular weight excluding hydrogens is 258 g/mol. The van der Waals surface area contributed by atoms with Gasteiger partial charge in [-0.15, -0.1) is 0 Å². The average Bonchev–Trinajstić information content (AvgIpc) is 2.61. The maximum atomic E-state index is 11.4. The number of oxazole rings is 1. The monoisotopic (exact) mass is 283 g/mol. The smallest absolute Gasteiger partial charge is 0.407 e. The van der Waals surface area contributed by atoms with Crippen LogP contribution >= 0.6 is 0 Å². The SMILES string of the molecule is Cc1nc(CNCCCNC(=O)OC(C)(C)C)oc1C. The van der Waals surface area contributed by atoms with Gasteiger partial charge in [0.2, 0.25) is 5.89 Å². The van der Waals surface area contributed by atoms with Gasteiger partial charge >= 0.3 is 6.09 Å². The number of nitrogens with zero attached hydrogens (tertiary/aromatic N) is 1. The Kier molecular flexibility index (Phi) is 6.01. The van der Waals surface area contributed by atoms with Gasteiger partial charge in [0, 0.05) is 6.54 Å². The number of aromatic nitrogens is 1. The number of ether oxygens (including phenoxy) is 1. The van der Waals surface area contributed by atoms with E-state index in [1.54, 1.807) is 0 Å². The highest BCUT2D eigenvalue weighted by Crippen LogP contribution is 2.07. The first-order valence-electron chi connectivity index (χ1n) is 6.88. The molecule has 1 aromatic rings. The molecule has 0 bridgehead atoms. The summed E-state index contributed by atoms with van der Waals surface area (Å²) in [6, 6.07) is 0. The second-order valence-electron chi connectivity index (χ2n) is 5.71. The van der Waals surface area contributed by atoms with Crippen molar-refractivity contribution in [1.29, 1.82) is 0 Å². The fourth-order valence-corrected chi connectivity index (χ4v) is 1.53. The molecule has 0 aromatic carbocycles. The molecular formula is C14H25N3O3. The third kappa shape index (κ3) is 6.56. The summed E-state index contributed by atoms with van der Waals surface area (Å²) < 4.78 is 10.6. The van der Waals surface area contributed by atoms with Crippen LogP contribution in [0, 0.1) is 13.8 Å². The number of nitrogens with one attached hydrogen (secondary N) is 2. The third-order valence-electron chi connectivity index (χ3n) is 2.55. The topological polar surface area (TPSA) is 76.4 Å². The van der Waals surface area contributed by atoms with E-state index in [1.165, 1.54) is 0 Å². The molecule has 0 spiro atoms. The predicted octanol–water partition coefficient (Wildman–Crippen LogP) is 2.30. The van der Waals surface area contributed by atoms with Crippen LogP contribution in [0.3, 0.4) is 0 Å². The zero-order valence-corrected chi connectivity index (χ0v) is 13.0. The van der Waals surface area contributed by atoms with E-state index in [0.717, 1.165) is 24.4 Å². The van der Waals surface area contributed by atoms with Crippen LogP contribution in [0.2, 0.25) is 0 Å².